The summed E-state index contributed by atoms with van der Waals surface area (Å²) in [6.07, 6.45) is 1.23. The standard InChI is InChI=1S/C21H26FN3O2.C6H6/c1-14(24-20(26)21(2,3)4)13-27-18-9-10-19(15(11-18)12-23)25-17-7-5-16(22)6-8-17;1-2-4-6-5-3-1/h5-12,14,23,25H,13H2,1-4H3,(H,24,26);1-6H. The number of carbonyl (C=O) groups is 1. The van der Waals surface area contributed by atoms with Crippen LogP contribution in [0.15, 0.2) is 78.9 Å². The second-order valence-corrected chi connectivity index (χ2v) is 8.62. The van der Waals surface area contributed by atoms with Crippen LogP contribution >= 0.6 is 0 Å². The summed E-state index contributed by atoms with van der Waals surface area (Å²) in [5.74, 6) is 0.275. The van der Waals surface area contributed by atoms with Crippen LogP contribution in [-0.2, 0) is 4.79 Å². The number of benzene rings is 3. The second kappa shape index (κ2) is 12.4. The molecule has 0 aliphatic heterocycles. The van der Waals surface area contributed by atoms with E-state index in [-0.39, 0.29) is 17.8 Å². The molecule has 33 heavy (non-hydrogen) atoms. The molecule has 3 N–H and O–H groups in total. The Morgan fingerprint density at radius 1 is 1.03 bits per heavy atom. The topological polar surface area (TPSA) is 74.2 Å². The summed E-state index contributed by atoms with van der Waals surface area (Å²) in [5.41, 5.74) is 1.64. The fraction of sp³-hybridized carbons (Fsp3) is 0.259. The van der Waals surface area contributed by atoms with Gasteiger partial charge in [-0.3, -0.25) is 4.79 Å². The smallest absolute Gasteiger partial charge is 0.225 e. The van der Waals surface area contributed by atoms with Crippen LogP contribution in [-0.4, -0.2) is 24.8 Å². The van der Waals surface area contributed by atoms with Crippen molar-refractivity contribution in [3.8, 4) is 5.75 Å². The number of hydrogen-bond donors (Lipinski definition) is 3. The van der Waals surface area contributed by atoms with Gasteiger partial charge in [0.05, 0.1) is 6.04 Å². The highest BCUT2D eigenvalue weighted by molar-refractivity contribution is 5.88. The number of nitrogens with one attached hydrogen (secondary N) is 3. The zero-order valence-electron chi connectivity index (χ0n) is 19.6. The van der Waals surface area contributed by atoms with E-state index in [1.54, 1.807) is 30.3 Å². The average molecular weight is 450 g/mol. The number of hydrogen-bond acceptors (Lipinski definition) is 4. The maximum atomic E-state index is 13.0. The SMILES string of the molecule is CC(COc1ccc(Nc2ccc(F)cc2)c(C=N)c1)NC(=O)C(C)(C)C.c1ccccc1. The lowest BCUT2D eigenvalue weighted by Crippen LogP contribution is -2.42. The molecule has 1 atom stereocenters. The van der Waals surface area contributed by atoms with Gasteiger partial charge in [0.15, 0.2) is 0 Å². The molecule has 174 valence electrons. The van der Waals surface area contributed by atoms with Crippen molar-refractivity contribution in [3.63, 3.8) is 0 Å². The van der Waals surface area contributed by atoms with Crippen molar-refractivity contribution < 1.29 is 13.9 Å². The molecule has 0 aliphatic carbocycles. The molecular weight excluding hydrogens is 417 g/mol. The molecule has 3 rings (SSSR count). The second-order valence-electron chi connectivity index (χ2n) is 8.62. The minimum atomic E-state index is -0.449. The Balaban J connectivity index is 0.000000554. The number of halogens is 1. The Bertz CT molecular complexity index is 989. The maximum Gasteiger partial charge on any atom is 0.225 e. The highest BCUT2D eigenvalue weighted by atomic mass is 19.1. The van der Waals surface area contributed by atoms with Gasteiger partial charge in [-0.2, -0.15) is 0 Å². The van der Waals surface area contributed by atoms with Gasteiger partial charge in [0.1, 0.15) is 18.2 Å². The van der Waals surface area contributed by atoms with E-state index in [2.05, 4.69) is 10.6 Å². The van der Waals surface area contributed by atoms with Crippen molar-refractivity contribution >= 4 is 23.5 Å². The fourth-order valence-corrected chi connectivity index (χ4v) is 2.64. The van der Waals surface area contributed by atoms with Crippen LogP contribution < -0.4 is 15.4 Å². The van der Waals surface area contributed by atoms with Crippen LogP contribution in [0.1, 0.15) is 33.3 Å². The first-order valence-corrected chi connectivity index (χ1v) is 10.8. The summed E-state index contributed by atoms with van der Waals surface area (Å²) in [4.78, 5) is 12.0. The van der Waals surface area contributed by atoms with Gasteiger partial charge in [-0.05, 0) is 49.4 Å². The molecule has 0 bridgehead atoms. The molecule has 0 saturated heterocycles. The van der Waals surface area contributed by atoms with Gasteiger partial charge >= 0.3 is 0 Å². The predicted octanol–water partition coefficient (Wildman–Crippen LogP) is 6.18. The third-order valence-corrected chi connectivity index (χ3v) is 4.53. The third kappa shape index (κ3) is 9.15. The van der Waals surface area contributed by atoms with Crippen molar-refractivity contribution in [2.75, 3.05) is 11.9 Å². The quantitative estimate of drug-likeness (QED) is 0.377. The van der Waals surface area contributed by atoms with Crippen molar-refractivity contribution in [2.45, 2.75) is 33.7 Å². The summed E-state index contributed by atoms with van der Waals surface area (Å²) in [6.45, 7) is 7.78. The first-order chi connectivity index (χ1) is 15.7. The number of ether oxygens (including phenoxy) is 1. The van der Waals surface area contributed by atoms with Crippen molar-refractivity contribution in [3.05, 3.63) is 90.2 Å². The Morgan fingerprint density at radius 3 is 2.12 bits per heavy atom. The summed E-state index contributed by atoms with van der Waals surface area (Å²) < 4.78 is 18.8. The van der Waals surface area contributed by atoms with Crippen molar-refractivity contribution in [1.29, 1.82) is 5.41 Å². The van der Waals surface area contributed by atoms with Gasteiger partial charge in [-0.1, -0.05) is 57.2 Å². The van der Waals surface area contributed by atoms with Gasteiger partial charge in [-0.25, -0.2) is 4.39 Å². The molecule has 1 amide bonds. The van der Waals surface area contributed by atoms with E-state index in [0.29, 0.717) is 17.9 Å². The molecule has 6 heteroatoms. The molecule has 0 aromatic heterocycles. The summed E-state index contributed by atoms with van der Waals surface area (Å²) in [7, 11) is 0. The Labute approximate surface area is 195 Å². The molecule has 0 spiro atoms. The van der Waals surface area contributed by atoms with Crippen LogP contribution in [0.5, 0.6) is 5.75 Å². The third-order valence-electron chi connectivity index (χ3n) is 4.53. The molecule has 5 nitrogen and oxygen atoms in total. The molecule has 3 aromatic rings. The van der Waals surface area contributed by atoms with Crippen LogP contribution in [0.3, 0.4) is 0 Å². The average Bonchev–Trinajstić information content (AvgIpc) is 2.80. The van der Waals surface area contributed by atoms with Gasteiger partial charge < -0.3 is 20.8 Å². The van der Waals surface area contributed by atoms with Gasteiger partial charge in [0, 0.05) is 28.6 Å². The molecule has 0 radical (unpaired) electrons. The molecule has 0 saturated carbocycles. The van der Waals surface area contributed by atoms with E-state index < -0.39 is 5.41 Å². The van der Waals surface area contributed by atoms with Crippen LogP contribution in [0, 0.1) is 16.6 Å². The van der Waals surface area contributed by atoms with E-state index in [1.165, 1.54) is 18.3 Å². The maximum absolute atomic E-state index is 13.0. The van der Waals surface area contributed by atoms with Crippen LogP contribution in [0.25, 0.3) is 0 Å². The molecule has 3 aromatic carbocycles. The summed E-state index contributed by atoms with van der Waals surface area (Å²) in [6, 6.07) is 23.2. The van der Waals surface area contributed by atoms with Gasteiger partial charge in [-0.15, -0.1) is 0 Å². The van der Waals surface area contributed by atoms with E-state index in [9.17, 15) is 9.18 Å². The lowest BCUT2D eigenvalue weighted by molar-refractivity contribution is -0.129. The molecule has 0 aliphatic rings. The number of rotatable bonds is 7. The van der Waals surface area contributed by atoms with Crippen LogP contribution in [0.2, 0.25) is 0 Å². The van der Waals surface area contributed by atoms with Crippen molar-refractivity contribution in [1.82, 2.24) is 5.32 Å². The number of amides is 1. The first kappa shape index (κ1) is 25.6. The summed E-state index contributed by atoms with van der Waals surface area (Å²) >= 11 is 0. The minimum Gasteiger partial charge on any atom is -0.491 e. The predicted molar refractivity (Wildman–Crippen MR) is 133 cm³/mol. The zero-order valence-corrected chi connectivity index (χ0v) is 19.6. The Kier molecular flexibility index (Phi) is 9.61. The number of anilines is 2. The molecule has 0 heterocycles. The van der Waals surface area contributed by atoms with Gasteiger partial charge in [0.2, 0.25) is 5.91 Å². The zero-order chi connectivity index (χ0) is 24.3. The van der Waals surface area contributed by atoms with Crippen molar-refractivity contribution in [2.24, 2.45) is 5.41 Å². The van der Waals surface area contributed by atoms with E-state index >= 15 is 0 Å². The summed E-state index contributed by atoms with van der Waals surface area (Å²) in [5, 5.41) is 13.7. The van der Waals surface area contributed by atoms with Crippen LogP contribution in [0.4, 0.5) is 15.8 Å². The molecule has 1 unspecified atom stereocenters. The van der Waals surface area contributed by atoms with Gasteiger partial charge in [0.25, 0.3) is 0 Å². The highest BCUT2D eigenvalue weighted by Gasteiger charge is 2.22. The monoisotopic (exact) mass is 449 g/mol. The Morgan fingerprint density at radius 2 is 1.61 bits per heavy atom. The normalized spacial score (nSPS) is 11.4. The number of carbonyl (C=O) groups excluding carboxylic acids is 1. The molecule has 0 fully saturated rings. The van der Waals surface area contributed by atoms with E-state index in [0.717, 1.165) is 11.4 Å². The highest BCUT2D eigenvalue weighted by Crippen LogP contribution is 2.24. The molecular formula is C27H32FN3O2. The van der Waals surface area contributed by atoms with E-state index in [1.807, 2.05) is 64.1 Å². The minimum absolute atomic E-state index is 0.0300. The lowest BCUT2D eigenvalue weighted by atomic mass is 9.95. The Hall–Kier alpha value is -3.67. The largest absolute Gasteiger partial charge is 0.491 e. The fourth-order valence-electron chi connectivity index (χ4n) is 2.64. The van der Waals surface area contributed by atoms with E-state index in [4.69, 9.17) is 10.1 Å². The lowest BCUT2D eigenvalue weighted by Gasteiger charge is -2.22. The first-order valence-electron chi connectivity index (χ1n) is 10.8.